The summed E-state index contributed by atoms with van der Waals surface area (Å²) in [6.45, 7) is 0. The molecule has 6 N–H and O–H groups in total. The summed E-state index contributed by atoms with van der Waals surface area (Å²) in [5.41, 5.74) is 13.3. The highest BCUT2D eigenvalue weighted by atomic mass is 35.5. The molecule has 3 rings (SSSR count). The average Bonchev–Trinajstić information content (AvgIpc) is 2.70. The van der Waals surface area contributed by atoms with Crippen LogP contribution in [0.25, 0.3) is 0 Å². The Morgan fingerprint density at radius 2 is 0.867 bits per heavy atom. The van der Waals surface area contributed by atoms with Crippen molar-refractivity contribution < 1.29 is 9.59 Å². The monoisotopic (exact) mass is 482 g/mol. The van der Waals surface area contributed by atoms with E-state index in [4.69, 9.17) is 57.9 Å². The fourth-order valence-corrected chi connectivity index (χ4v) is 3.47. The quantitative estimate of drug-likeness (QED) is 0.342. The first kappa shape index (κ1) is 22.1. The Balaban J connectivity index is 1.71. The van der Waals surface area contributed by atoms with Crippen LogP contribution < -0.4 is 22.1 Å². The first-order chi connectivity index (χ1) is 14.2. The Kier molecular flexibility index (Phi) is 6.63. The molecule has 3 aromatic carbocycles. The number of hydrogen-bond donors (Lipinski definition) is 4. The molecule has 0 aromatic heterocycles. The van der Waals surface area contributed by atoms with Gasteiger partial charge in [-0.1, -0.05) is 46.4 Å². The molecule has 0 bridgehead atoms. The molecule has 154 valence electrons. The number of benzene rings is 3. The third-order valence-corrected chi connectivity index (χ3v) is 5.33. The van der Waals surface area contributed by atoms with Gasteiger partial charge in [-0.2, -0.15) is 0 Å². The van der Waals surface area contributed by atoms with Crippen molar-refractivity contribution in [2.24, 2.45) is 0 Å². The first-order valence-corrected chi connectivity index (χ1v) is 9.88. The number of nitrogen functional groups attached to an aromatic ring is 2. The zero-order valence-electron chi connectivity index (χ0n) is 15.1. The average molecular weight is 484 g/mol. The highest BCUT2D eigenvalue weighted by Crippen LogP contribution is 2.32. The maximum atomic E-state index is 12.4. The molecule has 2 amide bonds. The number of amides is 2. The van der Waals surface area contributed by atoms with Crippen molar-refractivity contribution in [1.82, 2.24) is 0 Å². The highest BCUT2D eigenvalue weighted by molar-refractivity contribution is 6.40. The molecule has 0 aliphatic rings. The molecule has 3 aromatic rings. The van der Waals surface area contributed by atoms with Crippen LogP contribution in [0.2, 0.25) is 20.1 Å². The number of halogens is 4. The second-order valence-electron chi connectivity index (χ2n) is 6.19. The van der Waals surface area contributed by atoms with Crippen molar-refractivity contribution in [3.63, 3.8) is 0 Å². The van der Waals surface area contributed by atoms with Crippen molar-refractivity contribution in [1.29, 1.82) is 0 Å². The number of nitrogens with one attached hydrogen (secondary N) is 2. The summed E-state index contributed by atoms with van der Waals surface area (Å²) in [7, 11) is 0. The van der Waals surface area contributed by atoms with Gasteiger partial charge in [-0.25, -0.2) is 0 Å². The summed E-state index contributed by atoms with van der Waals surface area (Å²) in [6, 6.07) is 12.0. The van der Waals surface area contributed by atoms with Crippen molar-refractivity contribution in [3.05, 3.63) is 79.7 Å². The van der Waals surface area contributed by atoms with Crippen molar-refractivity contribution in [3.8, 4) is 0 Å². The topological polar surface area (TPSA) is 110 Å². The predicted molar refractivity (Wildman–Crippen MR) is 124 cm³/mol. The molecule has 6 nitrogen and oxygen atoms in total. The minimum atomic E-state index is -0.407. The summed E-state index contributed by atoms with van der Waals surface area (Å²) in [4.78, 5) is 24.9. The van der Waals surface area contributed by atoms with Gasteiger partial charge in [0, 0.05) is 22.5 Å². The minimum absolute atomic E-state index is 0.229. The zero-order valence-corrected chi connectivity index (χ0v) is 18.1. The number of hydrogen-bond acceptors (Lipinski definition) is 4. The van der Waals surface area contributed by atoms with E-state index in [2.05, 4.69) is 10.6 Å². The number of nitrogens with two attached hydrogens (primary N) is 2. The Hall–Kier alpha value is -2.64. The van der Waals surface area contributed by atoms with Crippen LogP contribution in [0.4, 0.5) is 22.7 Å². The van der Waals surface area contributed by atoms with Crippen molar-refractivity contribution in [2.45, 2.75) is 0 Å². The molecular formula is C20H14Cl4N4O2. The molecule has 0 spiro atoms. The van der Waals surface area contributed by atoms with Gasteiger partial charge in [-0.05, 0) is 48.5 Å². The van der Waals surface area contributed by atoms with E-state index >= 15 is 0 Å². The number of rotatable bonds is 4. The zero-order chi connectivity index (χ0) is 22.0. The van der Waals surface area contributed by atoms with Crippen LogP contribution >= 0.6 is 46.4 Å². The third kappa shape index (κ3) is 4.91. The molecule has 0 fully saturated rings. The SMILES string of the molecule is Nc1c(Cl)cc(NC(=O)c2ccc(C(=O)Nc3cc(Cl)c(N)c(Cl)c3)cc2)cc1Cl. The van der Waals surface area contributed by atoms with Gasteiger partial charge in [0.05, 0.1) is 31.5 Å². The van der Waals surface area contributed by atoms with Crippen LogP contribution in [-0.4, -0.2) is 11.8 Å². The van der Waals surface area contributed by atoms with Crippen molar-refractivity contribution >= 4 is 81.0 Å². The van der Waals surface area contributed by atoms with Gasteiger partial charge in [0.2, 0.25) is 0 Å². The Bertz CT molecular complexity index is 1010. The summed E-state index contributed by atoms with van der Waals surface area (Å²) in [5.74, 6) is -0.813. The third-order valence-electron chi connectivity index (χ3n) is 4.08. The molecule has 0 saturated carbocycles. The van der Waals surface area contributed by atoms with E-state index in [1.165, 1.54) is 48.5 Å². The molecule has 10 heteroatoms. The van der Waals surface area contributed by atoms with E-state index < -0.39 is 11.8 Å². The van der Waals surface area contributed by atoms with E-state index in [0.29, 0.717) is 22.5 Å². The summed E-state index contributed by atoms with van der Waals surface area (Å²) < 4.78 is 0. The predicted octanol–water partition coefficient (Wildman–Crippen LogP) is 5.97. The molecule has 0 unspecified atom stereocenters. The largest absolute Gasteiger partial charge is 0.396 e. The van der Waals surface area contributed by atoms with Crippen molar-refractivity contribution in [2.75, 3.05) is 22.1 Å². The van der Waals surface area contributed by atoms with Crippen LogP contribution in [-0.2, 0) is 0 Å². The smallest absolute Gasteiger partial charge is 0.255 e. The number of carbonyl (C=O) groups is 2. The van der Waals surface area contributed by atoms with E-state index in [1.807, 2.05) is 0 Å². The Labute approximate surface area is 192 Å². The Morgan fingerprint density at radius 3 is 1.13 bits per heavy atom. The molecular weight excluding hydrogens is 470 g/mol. The molecule has 0 saturated heterocycles. The fraction of sp³-hybridized carbons (Fsp3) is 0. The summed E-state index contributed by atoms with van der Waals surface area (Å²) >= 11 is 23.9. The van der Waals surface area contributed by atoms with Gasteiger partial charge in [-0.3, -0.25) is 9.59 Å². The molecule has 30 heavy (non-hydrogen) atoms. The van der Waals surface area contributed by atoms with Gasteiger partial charge in [-0.15, -0.1) is 0 Å². The normalized spacial score (nSPS) is 10.5. The van der Waals surface area contributed by atoms with Crippen LogP contribution in [0.15, 0.2) is 48.5 Å². The van der Waals surface area contributed by atoms with Gasteiger partial charge in [0.1, 0.15) is 0 Å². The fourth-order valence-electron chi connectivity index (χ4n) is 2.49. The molecule has 0 aliphatic heterocycles. The second kappa shape index (κ2) is 9.02. The minimum Gasteiger partial charge on any atom is -0.396 e. The van der Waals surface area contributed by atoms with E-state index in [9.17, 15) is 9.59 Å². The van der Waals surface area contributed by atoms with Gasteiger partial charge in [0.25, 0.3) is 11.8 Å². The number of anilines is 4. The highest BCUT2D eigenvalue weighted by Gasteiger charge is 2.13. The molecule has 0 heterocycles. The lowest BCUT2D eigenvalue weighted by molar-refractivity contribution is 0.101. The van der Waals surface area contributed by atoms with Crippen LogP contribution in [0, 0.1) is 0 Å². The van der Waals surface area contributed by atoms with Crippen LogP contribution in [0.5, 0.6) is 0 Å². The lowest BCUT2D eigenvalue weighted by atomic mass is 10.1. The number of carbonyl (C=O) groups excluding carboxylic acids is 2. The molecule has 0 aliphatic carbocycles. The van der Waals surface area contributed by atoms with Gasteiger partial charge < -0.3 is 22.1 Å². The lowest BCUT2D eigenvalue weighted by Crippen LogP contribution is -2.14. The molecule has 0 atom stereocenters. The summed E-state index contributed by atoms with van der Waals surface area (Å²) in [6.07, 6.45) is 0. The van der Waals surface area contributed by atoms with Gasteiger partial charge in [0.15, 0.2) is 0 Å². The maximum Gasteiger partial charge on any atom is 0.255 e. The van der Waals surface area contributed by atoms with E-state index in [0.717, 1.165) is 0 Å². The molecule has 0 radical (unpaired) electrons. The Morgan fingerprint density at radius 1 is 0.600 bits per heavy atom. The first-order valence-electron chi connectivity index (χ1n) is 8.37. The van der Waals surface area contributed by atoms with Gasteiger partial charge >= 0.3 is 0 Å². The second-order valence-corrected chi connectivity index (χ2v) is 7.82. The van der Waals surface area contributed by atoms with E-state index in [1.54, 1.807) is 0 Å². The van der Waals surface area contributed by atoms with E-state index in [-0.39, 0.29) is 31.5 Å². The maximum absolute atomic E-state index is 12.4. The van der Waals surface area contributed by atoms with Crippen LogP contribution in [0.3, 0.4) is 0 Å². The summed E-state index contributed by atoms with van der Waals surface area (Å²) in [5, 5.41) is 6.25. The lowest BCUT2D eigenvalue weighted by Gasteiger charge is -2.10. The van der Waals surface area contributed by atoms with Crippen LogP contribution in [0.1, 0.15) is 20.7 Å². The standard InChI is InChI=1S/C20H14Cl4N4O2/c21-13-5-11(6-14(22)17(13)25)27-19(29)9-1-2-10(4-3-9)20(30)28-12-7-15(23)18(26)16(24)8-12/h1-8H,25-26H2,(H,27,29)(H,28,30).